The topological polar surface area (TPSA) is 66.6 Å². The van der Waals surface area contributed by atoms with E-state index < -0.39 is 12.1 Å². The van der Waals surface area contributed by atoms with Gasteiger partial charge in [0.1, 0.15) is 17.2 Å². The number of carboxylic acids is 1. The van der Waals surface area contributed by atoms with E-state index in [1.165, 1.54) is 36.3 Å². The first-order valence-electron chi connectivity index (χ1n) is 11.6. The van der Waals surface area contributed by atoms with E-state index in [0.29, 0.717) is 5.02 Å². The van der Waals surface area contributed by atoms with Gasteiger partial charge in [0.05, 0.1) is 5.02 Å². The van der Waals surface area contributed by atoms with Gasteiger partial charge in [-0.3, -0.25) is 4.40 Å². The number of aliphatic carboxylic acids is 1. The lowest BCUT2D eigenvalue weighted by Gasteiger charge is -2.09. The molecule has 2 aromatic heterocycles. The summed E-state index contributed by atoms with van der Waals surface area (Å²) in [5.41, 5.74) is 3.06. The van der Waals surface area contributed by atoms with E-state index in [4.69, 9.17) is 26.5 Å². The van der Waals surface area contributed by atoms with Crippen molar-refractivity contribution in [3.8, 4) is 11.3 Å². The van der Waals surface area contributed by atoms with Crippen LogP contribution in [0.2, 0.25) is 5.02 Å². The fourth-order valence-electron chi connectivity index (χ4n) is 3.22. The number of rotatable bonds is 11. The van der Waals surface area contributed by atoms with E-state index in [2.05, 4.69) is 47.8 Å². The molecule has 0 amide bonds. The van der Waals surface area contributed by atoms with Crippen LogP contribution >= 0.6 is 23.4 Å². The van der Waals surface area contributed by atoms with Gasteiger partial charge in [-0.1, -0.05) is 63.3 Å². The van der Waals surface area contributed by atoms with Crippen LogP contribution in [0.15, 0.2) is 47.5 Å². The summed E-state index contributed by atoms with van der Waals surface area (Å²) in [6.45, 7) is 5.38. The highest BCUT2D eigenvalue weighted by molar-refractivity contribution is 7.99. The van der Waals surface area contributed by atoms with Gasteiger partial charge >= 0.3 is 12.1 Å². The van der Waals surface area contributed by atoms with Gasteiger partial charge in [0.2, 0.25) is 0 Å². The predicted octanol–water partition coefficient (Wildman–Crippen LogP) is 8.17. The molecule has 2 heterocycles. The molecule has 35 heavy (non-hydrogen) atoms. The molecule has 3 aromatic rings. The van der Waals surface area contributed by atoms with Crippen molar-refractivity contribution < 1.29 is 23.1 Å². The number of hydrogen-bond acceptors (Lipinski definition) is 4. The molecule has 0 bridgehead atoms. The molecule has 192 valence electrons. The largest absolute Gasteiger partial charge is 0.490 e. The van der Waals surface area contributed by atoms with Gasteiger partial charge in [0.15, 0.2) is 0 Å². The fourth-order valence-corrected chi connectivity index (χ4v) is 4.35. The number of fused-ring (bicyclic) bond motifs is 1. The fraction of sp³-hybridized carbons (Fsp3) is 0.440. The minimum Gasteiger partial charge on any atom is -0.475 e. The van der Waals surface area contributed by atoms with Crippen molar-refractivity contribution >= 4 is 40.8 Å². The van der Waals surface area contributed by atoms with Gasteiger partial charge < -0.3 is 10.4 Å². The second kappa shape index (κ2) is 14.2. The number of nitrogens with one attached hydrogen (secondary N) is 1. The first kappa shape index (κ1) is 28.8. The Hall–Kier alpha value is -2.39. The smallest absolute Gasteiger partial charge is 0.475 e. The maximum absolute atomic E-state index is 10.6. The van der Waals surface area contributed by atoms with E-state index in [1.807, 2.05) is 30.1 Å². The van der Waals surface area contributed by atoms with E-state index in [9.17, 15) is 13.2 Å². The minimum absolute atomic E-state index is 0.714. The molecular formula is C25H31ClF3N3O2S. The molecule has 2 N–H and O–H groups in total. The molecular weight excluding hydrogens is 499 g/mol. The molecule has 0 unspecified atom stereocenters. The number of carboxylic acid groups (broad SMARTS) is 1. The highest BCUT2D eigenvalue weighted by Crippen LogP contribution is 2.32. The first-order chi connectivity index (χ1) is 16.7. The number of nitrogens with zero attached hydrogens (tertiary/aromatic N) is 2. The van der Waals surface area contributed by atoms with Crippen molar-refractivity contribution in [1.82, 2.24) is 9.38 Å². The van der Waals surface area contributed by atoms with Crippen LogP contribution in [0.3, 0.4) is 0 Å². The van der Waals surface area contributed by atoms with Gasteiger partial charge in [-0.25, -0.2) is 9.78 Å². The maximum atomic E-state index is 10.6. The summed E-state index contributed by atoms with van der Waals surface area (Å²) in [6, 6.07) is 12.6. The number of pyridine rings is 1. The predicted molar refractivity (Wildman–Crippen MR) is 138 cm³/mol. The summed E-state index contributed by atoms with van der Waals surface area (Å²) in [5.74, 6) is -0.560. The number of aromatic nitrogens is 2. The van der Waals surface area contributed by atoms with Crippen molar-refractivity contribution in [2.45, 2.75) is 63.4 Å². The van der Waals surface area contributed by atoms with Crippen LogP contribution in [0.25, 0.3) is 16.9 Å². The third-order valence-electron chi connectivity index (χ3n) is 5.02. The summed E-state index contributed by atoms with van der Waals surface area (Å²) in [4.78, 5) is 15.1. The second-order valence-corrected chi connectivity index (χ2v) is 9.51. The number of carbonyl (C=O) groups is 1. The van der Waals surface area contributed by atoms with E-state index >= 15 is 0 Å². The summed E-state index contributed by atoms with van der Waals surface area (Å²) in [5, 5.41) is 11.4. The number of imidazole rings is 1. The molecule has 5 nitrogen and oxygen atoms in total. The Kier molecular flexibility index (Phi) is 11.7. The van der Waals surface area contributed by atoms with Crippen molar-refractivity contribution in [3.05, 3.63) is 47.6 Å². The molecule has 0 radical (unpaired) electrons. The minimum atomic E-state index is -5.08. The van der Waals surface area contributed by atoms with Crippen LogP contribution in [0.5, 0.6) is 0 Å². The number of thioether (sulfide) groups is 1. The van der Waals surface area contributed by atoms with Crippen molar-refractivity contribution in [2.24, 2.45) is 0 Å². The number of benzene rings is 1. The lowest BCUT2D eigenvalue weighted by atomic mass is 10.1. The zero-order valence-electron chi connectivity index (χ0n) is 19.9. The number of halogens is 4. The molecule has 0 saturated carbocycles. The Morgan fingerprint density at radius 1 is 1.11 bits per heavy atom. The van der Waals surface area contributed by atoms with Crippen LogP contribution in [0.1, 0.15) is 52.4 Å². The number of hydrogen-bond donors (Lipinski definition) is 2. The molecule has 0 atom stereocenters. The summed E-state index contributed by atoms with van der Waals surface area (Å²) < 4.78 is 33.8. The first-order valence-corrected chi connectivity index (χ1v) is 13.0. The van der Waals surface area contributed by atoms with Gasteiger partial charge in [0.25, 0.3) is 0 Å². The Labute approximate surface area is 213 Å². The van der Waals surface area contributed by atoms with E-state index in [1.54, 1.807) is 0 Å². The molecule has 0 aliphatic rings. The lowest BCUT2D eigenvalue weighted by Crippen LogP contribution is -2.21. The van der Waals surface area contributed by atoms with Crippen LogP contribution in [-0.2, 0) is 4.79 Å². The van der Waals surface area contributed by atoms with Crippen molar-refractivity contribution in [2.75, 3.05) is 17.6 Å². The Morgan fingerprint density at radius 2 is 1.83 bits per heavy atom. The quantitative estimate of drug-likeness (QED) is 0.194. The van der Waals surface area contributed by atoms with Crippen LogP contribution in [-0.4, -0.2) is 38.9 Å². The Morgan fingerprint density at radius 3 is 2.49 bits per heavy atom. The third-order valence-corrected chi connectivity index (χ3v) is 6.33. The number of anilines is 1. The normalized spacial score (nSPS) is 11.3. The molecule has 0 spiro atoms. The number of alkyl halides is 3. The molecule has 10 heteroatoms. The molecule has 0 aliphatic heterocycles. The lowest BCUT2D eigenvalue weighted by molar-refractivity contribution is -0.192. The van der Waals surface area contributed by atoms with E-state index in [0.717, 1.165) is 42.1 Å². The highest BCUT2D eigenvalue weighted by atomic mass is 35.5. The summed E-state index contributed by atoms with van der Waals surface area (Å²) >= 11 is 8.19. The van der Waals surface area contributed by atoms with Gasteiger partial charge in [-0.15, -0.1) is 11.8 Å². The van der Waals surface area contributed by atoms with E-state index in [-0.39, 0.29) is 0 Å². The molecule has 0 saturated heterocycles. The monoisotopic (exact) mass is 529 g/mol. The zero-order valence-corrected chi connectivity index (χ0v) is 21.4. The van der Waals surface area contributed by atoms with Crippen LogP contribution in [0, 0.1) is 0 Å². The summed E-state index contributed by atoms with van der Waals surface area (Å²) in [6.07, 6.45) is 4.35. The summed E-state index contributed by atoms with van der Waals surface area (Å²) in [7, 11) is 0. The third kappa shape index (κ3) is 9.29. The van der Waals surface area contributed by atoms with Crippen LogP contribution in [0.4, 0.5) is 19.0 Å². The molecule has 1 aromatic carbocycles. The van der Waals surface area contributed by atoms with Gasteiger partial charge in [-0.2, -0.15) is 13.2 Å². The standard InChI is InChI=1S/C23H30ClN3S.C2HF3O2/c1-3-5-7-8-15-28-20-11-9-10-18(16-20)22-23(25-14-6-4-2)27-17-19(24)12-13-21(27)26-22;3-2(4,5)1(6)7/h9-13,16-17,25H,3-8,14-15H2,1-2H3;(H,6,7). The Bertz CT molecular complexity index is 1090. The average Bonchev–Trinajstić information content (AvgIpc) is 3.17. The molecule has 0 aliphatic carbocycles. The zero-order chi connectivity index (χ0) is 25.8. The van der Waals surface area contributed by atoms with Crippen molar-refractivity contribution in [1.29, 1.82) is 0 Å². The molecule has 0 fully saturated rings. The Balaban J connectivity index is 0.000000540. The highest BCUT2D eigenvalue weighted by Gasteiger charge is 2.38. The second-order valence-electron chi connectivity index (χ2n) is 7.90. The molecule has 3 rings (SSSR count). The van der Waals surface area contributed by atoms with Crippen LogP contribution < -0.4 is 5.32 Å². The van der Waals surface area contributed by atoms with Gasteiger partial charge in [0, 0.05) is 23.2 Å². The average molecular weight is 530 g/mol. The number of unbranched alkanes of at least 4 members (excludes halogenated alkanes) is 4. The van der Waals surface area contributed by atoms with Gasteiger partial charge in [-0.05, 0) is 42.9 Å². The van der Waals surface area contributed by atoms with Crippen molar-refractivity contribution in [3.63, 3.8) is 0 Å². The SMILES string of the molecule is CCCCCCSc1cccc(-c2nc3ccc(Cl)cn3c2NCCCC)c1.O=C(O)C(F)(F)F. The maximum Gasteiger partial charge on any atom is 0.490 e.